The molecule has 0 aromatic heterocycles. The lowest BCUT2D eigenvalue weighted by Crippen LogP contribution is -2.49. The SMILES string of the molecule is COc1ccccc1CCNC(=O)CC(=O)N1CCN(c2cccc(C)c2)CC1. The highest BCUT2D eigenvalue weighted by Gasteiger charge is 2.23. The third-order valence-corrected chi connectivity index (χ3v) is 5.22. The normalized spacial score (nSPS) is 13.9. The van der Waals surface area contributed by atoms with Gasteiger partial charge in [-0.15, -0.1) is 0 Å². The molecule has 2 aromatic carbocycles. The Balaban J connectivity index is 1.40. The average molecular weight is 396 g/mol. The molecule has 1 saturated heterocycles. The number of aryl methyl sites for hydroxylation is 1. The molecule has 1 fully saturated rings. The zero-order valence-electron chi connectivity index (χ0n) is 17.2. The number of carbonyl (C=O) groups excluding carboxylic acids is 2. The Morgan fingerprint density at radius 2 is 1.79 bits per heavy atom. The molecule has 0 spiro atoms. The Kier molecular flexibility index (Phi) is 7.11. The first-order valence-electron chi connectivity index (χ1n) is 10.0. The number of nitrogens with zero attached hydrogens (tertiary/aromatic N) is 2. The van der Waals surface area contributed by atoms with Crippen molar-refractivity contribution in [2.45, 2.75) is 19.8 Å². The summed E-state index contributed by atoms with van der Waals surface area (Å²) in [7, 11) is 1.63. The largest absolute Gasteiger partial charge is 0.496 e. The van der Waals surface area contributed by atoms with Crippen molar-refractivity contribution in [1.82, 2.24) is 10.2 Å². The van der Waals surface area contributed by atoms with Crippen molar-refractivity contribution in [2.24, 2.45) is 0 Å². The Labute approximate surface area is 172 Å². The molecule has 6 heteroatoms. The van der Waals surface area contributed by atoms with Crippen LogP contribution in [0.3, 0.4) is 0 Å². The Hall–Kier alpha value is -3.02. The fourth-order valence-corrected chi connectivity index (χ4v) is 3.60. The zero-order chi connectivity index (χ0) is 20.6. The minimum Gasteiger partial charge on any atom is -0.496 e. The van der Waals surface area contributed by atoms with Crippen LogP contribution < -0.4 is 15.0 Å². The predicted molar refractivity (Wildman–Crippen MR) is 114 cm³/mol. The van der Waals surface area contributed by atoms with E-state index in [1.165, 1.54) is 11.3 Å². The molecule has 2 aromatic rings. The molecule has 2 amide bonds. The molecule has 3 rings (SSSR count). The van der Waals surface area contributed by atoms with Crippen molar-refractivity contribution in [1.29, 1.82) is 0 Å². The van der Waals surface area contributed by atoms with Gasteiger partial charge in [0, 0.05) is 38.4 Å². The highest BCUT2D eigenvalue weighted by atomic mass is 16.5. The van der Waals surface area contributed by atoms with E-state index in [4.69, 9.17) is 4.74 Å². The van der Waals surface area contributed by atoms with Crippen LogP contribution in [0.1, 0.15) is 17.5 Å². The first-order valence-corrected chi connectivity index (χ1v) is 10.0. The lowest BCUT2D eigenvalue weighted by atomic mass is 10.1. The first kappa shape index (κ1) is 20.7. The van der Waals surface area contributed by atoms with Crippen LogP contribution in [-0.2, 0) is 16.0 Å². The smallest absolute Gasteiger partial charge is 0.232 e. The number of carbonyl (C=O) groups is 2. The maximum Gasteiger partial charge on any atom is 0.232 e. The number of para-hydroxylation sites is 1. The summed E-state index contributed by atoms with van der Waals surface area (Å²) in [6.07, 6.45) is 0.565. The van der Waals surface area contributed by atoms with E-state index >= 15 is 0 Å². The lowest BCUT2D eigenvalue weighted by Gasteiger charge is -2.36. The number of amides is 2. The van der Waals surface area contributed by atoms with Crippen LogP contribution in [0, 0.1) is 6.92 Å². The van der Waals surface area contributed by atoms with E-state index < -0.39 is 0 Å². The highest BCUT2D eigenvalue weighted by Crippen LogP contribution is 2.18. The Morgan fingerprint density at radius 1 is 1.03 bits per heavy atom. The van der Waals surface area contributed by atoms with Crippen molar-refractivity contribution in [3.8, 4) is 5.75 Å². The topological polar surface area (TPSA) is 61.9 Å². The summed E-state index contributed by atoms with van der Waals surface area (Å²) in [4.78, 5) is 28.7. The van der Waals surface area contributed by atoms with E-state index in [1.807, 2.05) is 24.3 Å². The zero-order valence-corrected chi connectivity index (χ0v) is 17.2. The quantitative estimate of drug-likeness (QED) is 0.732. The van der Waals surface area contributed by atoms with Crippen molar-refractivity contribution in [3.63, 3.8) is 0 Å². The van der Waals surface area contributed by atoms with E-state index in [1.54, 1.807) is 12.0 Å². The van der Waals surface area contributed by atoms with Gasteiger partial charge in [0.05, 0.1) is 7.11 Å². The van der Waals surface area contributed by atoms with Gasteiger partial charge in [0.2, 0.25) is 11.8 Å². The maximum absolute atomic E-state index is 12.5. The summed E-state index contributed by atoms with van der Waals surface area (Å²) in [5, 5.41) is 2.84. The van der Waals surface area contributed by atoms with Gasteiger partial charge in [0.25, 0.3) is 0 Å². The summed E-state index contributed by atoms with van der Waals surface area (Å²) in [5.41, 5.74) is 3.45. The summed E-state index contributed by atoms with van der Waals surface area (Å²) >= 11 is 0. The van der Waals surface area contributed by atoms with Crippen LogP contribution in [0.15, 0.2) is 48.5 Å². The van der Waals surface area contributed by atoms with E-state index in [-0.39, 0.29) is 18.2 Å². The number of piperazine rings is 1. The van der Waals surface area contributed by atoms with Gasteiger partial charge in [-0.25, -0.2) is 0 Å². The van der Waals surface area contributed by atoms with E-state index in [9.17, 15) is 9.59 Å². The van der Waals surface area contributed by atoms with Gasteiger partial charge < -0.3 is 19.9 Å². The molecule has 6 nitrogen and oxygen atoms in total. The number of methoxy groups -OCH3 is 1. The van der Waals surface area contributed by atoms with Gasteiger partial charge in [-0.05, 0) is 42.7 Å². The summed E-state index contributed by atoms with van der Waals surface area (Å²) < 4.78 is 5.32. The van der Waals surface area contributed by atoms with Crippen molar-refractivity contribution < 1.29 is 14.3 Å². The predicted octanol–water partition coefficient (Wildman–Crippen LogP) is 2.40. The molecule has 154 valence electrons. The van der Waals surface area contributed by atoms with Crippen molar-refractivity contribution >= 4 is 17.5 Å². The standard InChI is InChI=1S/C23H29N3O3/c1-18-6-5-8-20(16-18)25-12-14-26(15-13-25)23(28)17-22(27)24-11-10-19-7-3-4-9-21(19)29-2/h3-9,16H,10-15,17H2,1-2H3,(H,24,27). The molecule has 0 unspecified atom stereocenters. The van der Waals surface area contributed by atoms with Gasteiger partial charge >= 0.3 is 0 Å². The molecule has 0 saturated carbocycles. The molecular weight excluding hydrogens is 366 g/mol. The van der Waals surface area contributed by atoms with Crippen LogP contribution >= 0.6 is 0 Å². The van der Waals surface area contributed by atoms with Gasteiger partial charge in [-0.1, -0.05) is 30.3 Å². The number of benzene rings is 2. The molecule has 1 aliphatic heterocycles. The van der Waals surface area contributed by atoms with E-state index in [2.05, 4.69) is 41.4 Å². The second-order valence-corrected chi connectivity index (χ2v) is 7.30. The lowest BCUT2D eigenvalue weighted by molar-refractivity contribution is -0.136. The Bertz CT molecular complexity index is 845. The second kappa shape index (κ2) is 9.96. The van der Waals surface area contributed by atoms with E-state index in [0.717, 1.165) is 24.4 Å². The molecule has 1 N–H and O–H groups in total. The van der Waals surface area contributed by atoms with Crippen LogP contribution in [0.5, 0.6) is 5.75 Å². The van der Waals surface area contributed by atoms with Crippen LogP contribution in [0.2, 0.25) is 0 Å². The Morgan fingerprint density at radius 3 is 2.52 bits per heavy atom. The number of nitrogens with one attached hydrogen (secondary N) is 1. The first-order chi connectivity index (χ1) is 14.1. The third-order valence-electron chi connectivity index (χ3n) is 5.22. The molecule has 0 bridgehead atoms. The minimum absolute atomic E-state index is 0.101. The maximum atomic E-state index is 12.5. The van der Waals surface area contributed by atoms with Gasteiger partial charge in [-0.2, -0.15) is 0 Å². The van der Waals surface area contributed by atoms with Gasteiger partial charge in [0.1, 0.15) is 12.2 Å². The number of hydrogen-bond acceptors (Lipinski definition) is 4. The van der Waals surface area contributed by atoms with Crippen molar-refractivity contribution in [2.75, 3.05) is 44.7 Å². The number of ether oxygens (including phenoxy) is 1. The second-order valence-electron chi connectivity index (χ2n) is 7.30. The third kappa shape index (κ3) is 5.73. The average Bonchev–Trinajstić information content (AvgIpc) is 2.74. The molecule has 1 heterocycles. The number of hydrogen-bond donors (Lipinski definition) is 1. The summed E-state index contributed by atoms with van der Waals surface area (Å²) in [6.45, 7) is 5.40. The number of rotatable bonds is 7. The van der Waals surface area contributed by atoms with Crippen LogP contribution in [0.4, 0.5) is 5.69 Å². The summed E-state index contributed by atoms with van der Waals surface area (Å²) in [6, 6.07) is 16.1. The highest BCUT2D eigenvalue weighted by molar-refractivity contribution is 5.97. The molecule has 0 atom stereocenters. The molecular formula is C23H29N3O3. The van der Waals surface area contributed by atoms with Crippen LogP contribution in [0.25, 0.3) is 0 Å². The number of anilines is 1. The molecule has 1 aliphatic rings. The monoisotopic (exact) mass is 395 g/mol. The fourth-order valence-electron chi connectivity index (χ4n) is 3.60. The summed E-state index contributed by atoms with van der Waals surface area (Å²) in [5.74, 6) is 0.471. The molecule has 29 heavy (non-hydrogen) atoms. The van der Waals surface area contributed by atoms with E-state index in [0.29, 0.717) is 26.1 Å². The minimum atomic E-state index is -0.231. The van der Waals surface area contributed by atoms with Gasteiger partial charge in [-0.3, -0.25) is 9.59 Å². The fraction of sp³-hybridized carbons (Fsp3) is 0.391. The molecule has 0 radical (unpaired) electrons. The van der Waals surface area contributed by atoms with Gasteiger partial charge in [0.15, 0.2) is 0 Å². The molecule has 0 aliphatic carbocycles. The van der Waals surface area contributed by atoms with Crippen molar-refractivity contribution in [3.05, 3.63) is 59.7 Å². The van der Waals surface area contributed by atoms with Crippen LogP contribution in [-0.4, -0.2) is 56.5 Å².